The number of aliphatic carboxylic acids is 1. The van der Waals surface area contributed by atoms with E-state index in [4.69, 9.17) is 21.5 Å². The Morgan fingerprint density at radius 2 is 1.83 bits per heavy atom. The van der Waals surface area contributed by atoms with E-state index in [0.717, 1.165) is 0 Å². The summed E-state index contributed by atoms with van der Waals surface area (Å²) in [5, 5.41) is 33.0. The lowest BCUT2D eigenvalue weighted by molar-refractivity contribution is -0.239. The van der Waals surface area contributed by atoms with Crippen LogP contribution in [0.1, 0.15) is 40.5 Å². The van der Waals surface area contributed by atoms with Crippen molar-refractivity contribution in [2.75, 3.05) is 13.2 Å². The number of hydrogen-bond acceptors (Lipinski definition) is 7. The van der Waals surface area contributed by atoms with Gasteiger partial charge in [-0.2, -0.15) is 10.2 Å². The molecule has 0 bridgehead atoms. The molecule has 0 saturated carbocycles. The molecule has 10 nitrogen and oxygen atoms in total. The Labute approximate surface area is 141 Å². The van der Waals surface area contributed by atoms with Crippen LogP contribution in [0.25, 0.3) is 0 Å². The number of azo groups is 1. The van der Waals surface area contributed by atoms with Gasteiger partial charge in [0.2, 0.25) is 0 Å². The normalized spacial score (nSPS) is 13.8. The van der Waals surface area contributed by atoms with Crippen molar-refractivity contribution in [3.8, 4) is 0 Å². The van der Waals surface area contributed by atoms with Gasteiger partial charge in [0.15, 0.2) is 0 Å². The highest BCUT2D eigenvalue weighted by molar-refractivity contribution is 5.94. The molecule has 0 aromatic rings. The van der Waals surface area contributed by atoms with Crippen molar-refractivity contribution < 1.29 is 20.0 Å². The molecular weight excluding hydrogens is 316 g/mol. The summed E-state index contributed by atoms with van der Waals surface area (Å²) in [5.74, 6) is -0.801. The second kappa shape index (κ2) is 9.83. The molecule has 0 rings (SSSR count). The third-order valence-corrected chi connectivity index (χ3v) is 2.92. The summed E-state index contributed by atoms with van der Waals surface area (Å²) in [7, 11) is 0. The number of carboxylic acid groups (broad SMARTS) is 1. The van der Waals surface area contributed by atoms with E-state index in [-0.39, 0.29) is 31.2 Å². The number of hydrogen-bond donors (Lipinski definition) is 4. The predicted molar refractivity (Wildman–Crippen MR) is 91.2 cm³/mol. The topological polar surface area (TPSA) is 166 Å². The molecule has 5 N–H and O–H groups in total. The van der Waals surface area contributed by atoms with Crippen LogP contribution in [-0.2, 0) is 9.68 Å². The molecule has 0 aliphatic heterocycles. The number of nitrogens with zero attached hydrogens (tertiary/aromatic N) is 4. The zero-order chi connectivity index (χ0) is 18.8. The first-order valence-corrected chi connectivity index (χ1v) is 7.37. The number of aliphatic imine (C=N–C) groups is 2. The van der Waals surface area contributed by atoms with Gasteiger partial charge in [-0.1, -0.05) is 0 Å². The number of nitrogens with one attached hydrogen (secondary N) is 1. The van der Waals surface area contributed by atoms with Gasteiger partial charge in [0.05, 0.1) is 19.6 Å². The van der Waals surface area contributed by atoms with E-state index >= 15 is 0 Å². The van der Waals surface area contributed by atoms with Crippen molar-refractivity contribution in [1.82, 2.24) is 0 Å². The van der Waals surface area contributed by atoms with Crippen LogP contribution >= 0.6 is 0 Å². The third-order valence-electron chi connectivity index (χ3n) is 2.92. The number of carboxylic acids is 1. The maximum atomic E-state index is 10.5. The first-order valence-electron chi connectivity index (χ1n) is 7.37. The molecule has 0 radical (unpaired) electrons. The van der Waals surface area contributed by atoms with E-state index in [1.165, 1.54) is 6.21 Å². The lowest BCUT2D eigenvalue weighted by Crippen LogP contribution is -2.38. The average molecular weight is 342 g/mol. The first kappa shape index (κ1) is 21.8. The van der Waals surface area contributed by atoms with Gasteiger partial charge in [0.1, 0.15) is 22.7 Å². The zero-order valence-electron chi connectivity index (χ0n) is 14.5. The van der Waals surface area contributed by atoms with Gasteiger partial charge in [0, 0.05) is 12.6 Å². The smallest absolute Gasteiger partial charge is 0.305 e. The fraction of sp³-hybridized carbons (Fsp3) is 0.714. The number of amidine groups is 2. The van der Waals surface area contributed by atoms with E-state index in [1.54, 1.807) is 27.7 Å². The summed E-state index contributed by atoms with van der Waals surface area (Å²) in [6, 6.07) is 0. The molecular formula is C14H26N6O4. The molecule has 0 aliphatic rings. The molecule has 0 saturated heterocycles. The van der Waals surface area contributed by atoms with Crippen LogP contribution < -0.4 is 5.73 Å². The minimum Gasteiger partial charge on any atom is -0.481 e. The van der Waals surface area contributed by atoms with Gasteiger partial charge in [-0.3, -0.25) is 20.5 Å². The van der Waals surface area contributed by atoms with Crippen molar-refractivity contribution >= 4 is 23.9 Å². The molecule has 0 fully saturated rings. The molecule has 10 heteroatoms. The van der Waals surface area contributed by atoms with Crippen LogP contribution in [-0.4, -0.2) is 58.4 Å². The summed E-state index contributed by atoms with van der Waals surface area (Å²) in [6.07, 6.45) is 1.69. The Morgan fingerprint density at radius 1 is 1.25 bits per heavy atom. The SMILES string of the molecule is CC(C)(N=NC(C)(C)C(N)=NCCC(=O)O)C(=N)N=CCCOO. The van der Waals surface area contributed by atoms with Crippen LogP contribution in [0, 0.1) is 5.41 Å². The maximum absolute atomic E-state index is 10.5. The van der Waals surface area contributed by atoms with E-state index in [0.29, 0.717) is 6.42 Å². The highest BCUT2D eigenvalue weighted by Gasteiger charge is 2.27. The minimum absolute atomic E-state index is 0.0126. The number of carbonyl (C=O) groups is 1. The Bertz CT molecular complexity index is 525. The minimum atomic E-state index is -0.977. The lowest BCUT2D eigenvalue weighted by atomic mass is 10.0. The lowest BCUT2D eigenvalue weighted by Gasteiger charge is -2.22. The fourth-order valence-electron chi connectivity index (χ4n) is 1.23. The molecule has 0 heterocycles. The quantitative estimate of drug-likeness (QED) is 0.118. The van der Waals surface area contributed by atoms with Crippen molar-refractivity contribution in [1.29, 1.82) is 5.41 Å². The Kier molecular flexibility index (Phi) is 8.93. The Hall–Kier alpha value is -2.20. The van der Waals surface area contributed by atoms with E-state index in [1.807, 2.05) is 0 Å². The first-order chi connectivity index (χ1) is 11.0. The summed E-state index contributed by atoms with van der Waals surface area (Å²) in [4.78, 5) is 22.3. The molecule has 24 heavy (non-hydrogen) atoms. The maximum Gasteiger partial charge on any atom is 0.305 e. The second-order valence-corrected chi connectivity index (χ2v) is 6.01. The summed E-state index contributed by atoms with van der Waals surface area (Å²) < 4.78 is 0. The van der Waals surface area contributed by atoms with Crippen molar-refractivity contribution in [2.24, 2.45) is 25.9 Å². The van der Waals surface area contributed by atoms with E-state index < -0.39 is 17.0 Å². The van der Waals surface area contributed by atoms with E-state index in [2.05, 4.69) is 25.1 Å². The zero-order valence-corrected chi connectivity index (χ0v) is 14.5. The Balaban J connectivity index is 4.89. The summed E-state index contributed by atoms with van der Waals surface area (Å²) in [5.41, 5.74) is 3.94. The molecule has 0 amide bonds. The molecule has 0 aromatic carbocycles. The molecule has 0 aliphatic carbocycles. The summed E-state index contributed by atoms with van der Waals surface area (Å²) >= 11 is 0. The van der Waals surface area contributed by atoms with Crippen LogP contribution in [0.3, 0.4) is 0 Å². The molecule has 0 atom stereocenters. The van der Waals surface area contributed by atoms with E-state index in [9.17, 15) is 4.79 Å². The standard InChI is InChI=1S/C14H26N6O4/c1-13(2,11(15)17-7-5-9-24-23)19-20-14(3,4)12(16)18-8-6-10(21)22/h7,15,23H,5-6,8-9H2,1-4H3,(H2,16,18)(H,21,22). The van der Waals surface area contributed by atoms with Crippen molar-refractivity contribution in [2.45, 2.75) is 51.6 Å². The van der Waals surface area contributed by atoms with Gasteiger partial charge < -0.3 is 10.8 Å². The van der Waals surface area contributed by atoms with Gasteiger partial charge in [-0.15, -0.1) is 0 Å². The van der Waals surface area contributed by atoms with Crippen molar-refractivity contribution in [3.63, 3.8) is 0 Å². The fourth-order valence-corrected chi connectivity index (χ4v) is 1.23. The van der Waals surface area contributed by atoms with Crippen molar-refractivity contribution in [3.05, 3.63) is 0 Å². The Morgan fingerprint density at radius 3 is 2.38 bits per heavy atom. The monoisotopic (exact) mass is 342 g/mol. The molecule has 0 unspecified atom stereocenters. The van der Waals surface area contributed by atoms with Crippen LogP contribution in [0.5, 0.6) is 0 Å². The second-order valence-electron chi connectivity index (χ2n) is 6.01. The number of nitrogens with two attached hydrogens (primary N) is 1. The van der Waals surface area contributed by atoms with Crippen LogP contribution in [0.2, 0.25) is 0 Å². The highest BCUT2D eigenvalue weighted by Crippen LogP contribution is 2.17. The third kappa shape index (κ3) is 8.44. The molecule has 136 valence electrons. The van der Waals surface area contributed by atoms with Gasteiger partial charge in [0.25, 0.3) is 0 Å². The van der Waals surface area contributed by atoms with Gasteiger partial charge in [-0.25, -0.2) is 9.88 Å². The highest BCUT2D eigenvalue weighted by atomic mass is 17.1. The van der Waals surface area contributed by atoms with Gasteiger partial charge in [-0.05, 0) is 27.7 Å². The van der Waals surface area contributed by atoms with Crippen LogP contribution in [0.15, 0.2) is 20.2 Å². The van der Waals surface area contributed by atoms with Gasteiger partial charge >= 0.3 is 5.97 Å². The largest absolute Gasteiger partial charge is 0.481 e. The molecule has 0 spiro atoms. The summed E-state index contributed by atoms with van der Waals surface area (Å²) in [6.45, 7) is 6.89. The van der Waals surface area contributed by atoms with Crippen LogP contribution in [0.4, 0.5) is 0 Å². The average Bonchev–Trinajstić information content (AvgIpc) is 2.49. The predicted octanol–water partition coefficient (Wildman–Crippen LogP) is 1.76. The molecule has 0 aromatic heterocycles. The number of rotatable bonds is 10.